The van der Waals surface area contributed by atoms with Gasteiger partial charge in [-0.15, -0.1) is 0 Å². The predicted molar refractivity (Wildman–Crippen MR) is 145 cm³/mol. The Kier molecular flexibility index (Phi) is 6.60. The van der Waals surface area contributed by atoms with Crippen molar-refractivity contribution in [2.45, 2.75) is 26.4 Å². The lowest BCUT2D eigenvalue weighted by Gasteiger charge is -2.35. The molecule has 9 heteroatoms. The van der Waals surface area contributed by atoms with Crippen LogP contribution in [0, 0.1) is 0 Å². The highest BCUT2D eigenvalue weighted by Gasteiger charge is 2.28. The molecule has 2 amide bonds. The van der Waals surface area contributed by atoms with Crippen molar-refractivity contribution < 1.29 is 14.3 Å². The number of pyridine rings is 2. The Labute approximate surface area is 220 Å². The number of rotatable bonds is 3. The van der Waals surface area contributed by atoms with E-state index in [1.165, 1.54) is 0 Å². The van der Waals surface area contributed by atoms with Crippen molar-refractivity contribution in [1.82, 2.24) is 19.8 Å². The van der Waals surface area contributed by atoms with Gasteiger partial charge in [0.05, 0.1) is 5.52 Å². The number of hydrogen-bond donors (Lipinski definition) is 1. The maximum Gasteiger partial charge on any atom is 0.410 e. The van der Waals surface area contributed by atoms with Gasteiger partial charge in [-0.25, -0.2) is 9.78 Å². The third kappa shape index (κ3) is 5.44. The molecule has 0 atom stereocenters. The van der Waals surface area contributed by atoms with Crippen LogP contribution >= 0.6 is 11.6 Å². The van der Waals surface area contributed by atoms with Crippen LogP contribution in [-0.2, 0) is 4.74 Å². The van der Waals surface area contributed by atoms with Crippen LogP contribution in [0.5, 0.6) is 0 Å². The number of hydrogen-bond acceptors (Lipinski definition) is 6. The molecule has 0 saturated carbocycles. The topological polar surface area (TPSA) is 87.7 Å². The van der Waals surface area contributed by atoms with E-state index in [-0.39, 0.29) is 12.0 Å². The molecule has 1 fully saturated rings. The number of benzene rings is 2. The smallest absolute Gasteiger partial charge is 0.410 e. The van der Waals surface area contributed by atoms with E-state index in [9.17, 15) is 9.59 Å². The maximum absolute atomic E-state index is 13.3. The van der Waals surface area contributed by atoms with E-state index in [1.54, 1.807) is 22.2 Å². The first kappa shape index (κ1) is 24.8. The molecule has 0 radical (unpaired) electrons. The van der Waals surface area contributed by atoms with Gasteiger partial charge in [-0.1, -0.05) is 23.7 Å². The van der Waals surface area contributed by atoms with Crippen molar-refractivity contribution in [2.75, 3.05) is 31.5 Å². The normalized spacial score (nSPS) is 14.2. The van der Waals surface area contributed by atoms with Gasteiger partial charge in [0.15, 0.2) is 0 Å². The molecule has 5 rings (SSSR count). The van der Waals surface area contributed by atoms with E-state index >= 15 is 0 Å². The zero-order valence-electron chi connectivity index (χ0n) is 21.0. The standard InChI is InChI=1S/C28H28ClN5O3/c1-28(2,3)37-27(36)34-13-11-33(12-14-34)26(35)18-7-8-21-23-17-30-10-9-22(23)25(32-24(21)15-18)31-20-6-4-5-19(29)16-20/h4-10,15-17H,11-14H2,1-3H3,(H,31,32). The number of ether oxygens (including phenoxy) is 1. The number of nitrogens with one attached hydrogen (secondary N) is 1. The Morgan fingerprint density at radius 1 is 0.946 bits per heavy atom. The second kappa shape index (κ2) is 9.86. The average molecular weight is 518 g/mol. The molecule has 2 aromatic carbocycles. The molecular formula is C28H28ClN5O3. The molecule has 1 aliphatic heterocycles. The summed E-state index contributed by atoms with van der Waals surface area (Å²) in [4.78, 5) is 38.3. The number of halogens is 1. The first-order valence-electron chi connectivity index (χ1n) is 12.2. The molecular weight excluding hydrogens is 490 g/mol. The zero-order chi connectivity index (χ0) is 26.2. The van der Waals surface area contributed by atoms with Gasteiger partial charge in [0, 0.05) is 71.0 Å². The summed E-state index contributed by atoms with van der Waals surface area (Å²) in [5, 5.41) is 6.73. The summed E-state index contributed by atoms with van der Waals surface area (Å²) in [6.07, 6.45) is 3.18. The molecule has 4 aromatic rings. The molecule has 8 nitrogen and oxygen atoms in total. The molecule has 190 valence electrons. The summed E-state index contributed by atoms with van der Waals surface area (Å²) in [7, 11) is 0. The summed E-state index contributed by atoms with van der Waals surface area (Å²) in [5.74, 6) is 0.561. The van der Waals surface area contributed by atoms with Crippen LogP contribution in [0.4, 0.5) is 16.3 Å². The van der Waals surface area contributed by atoms with Gasteiger partial charge < -0.3 is 19.9 Å². The minimum Gasteiger partial charge on any atom is -0.444 e. The van der Waals surface area contributed by atoms with Gasteiger partial charge in [-0.3, -0.25) is 9.78 Å². The summed E-state index contributed by atoms with van der Waals surface area (Å²) < 4.78 is 5.46. The SMILES string of the molecule is CC(C)(C)OC(=O)N1CCN(C(=O)c2ccc3c(c2)nc(Nc2cccc(Cl)c2)c2ccncc23)CC1. The van der Waals surface area contributed by atoms with E-state index < -0.39 is 5.60 Å². The largest absolute Gasteiger partial charge is 0.444 e. The molecule has 37 heavy (non-hydrogen) atoms. The molecule has 0 spiro atoms. The van der Waals surface area contributed by atoms with E-state index in [4.69, 9.17) is 21.3 Å². The van der Waals surface area contributed by atoms with Gasteiger partial charge in [-0.2, -0.15) is 0 Å². The molecule has 0 unspecified atom stereocenters. The van der Waals surface area contributed by atoms with Crippen LogP contribution in [0.1, 0.15) is 31.1 Å². The first-order chi connectivity index (χ1) is 17.7. The second-order valence-corrected chi connectivity index (χ2v) is 10.4. The summed E-state index contributed by atoms with van der Waals surface area (Å²) in [6.45, 7) is 7.25. The molecule has 1 N–H and O–H groups in total. The first-order valence-corrected chi connectivity index (χ1v) is 12.5. The second-order valence-electron chi connectivity index (χ2n) is 10.0. The van der Waals surface area contributed by atoms with Crippen LogP contribution in [0.15, 0.2) is 60.9 Å². The Morgan fingerprint density at radius 2 is 1.70 bits per heavy atom. The number of carbonyl (C=O) groups is 2. The molecule has 0 aliphatic carbocycles. The molecule has 1 aliphatic rings. The lowest BCUT2D eigenvalue weighted by atomic mass is 10.0. The van der Waals surface area contributed by atoms with E-state index in [0.717, 1.165) is 21.8 Å². The number of nitrogens with zero attached hydrogens (tertiary/aromatic N) is 4. The van der Waals surface area contributed by atoms with Crippen molar-refractivity contribution in [3.8, 4) is 0 Å². The van der Waals surface area contributed by atoms with Crippen molar-refractivity contribution in [2.24, 2.45) is 0 Å². The summed E-state index contributed by atoms with van der Waals surface area (Å²) in [6, 6.07) is 14.9. The quantitative estimate of drug-likeness (QED) is 0.342. The van der Waals surface area contributed by atoms with E-state index in [2.05, 4.69) is 10.3 Å². The number of amides is 2. The van der Waals surface area contributed by atoms with Crippen LogP contribution in [-0.4, -0.2) is 63.5 Å². The number of anilines is 2. The average Bonchev–Trinajstić information content (AvgIpc) is 2.87. The molecule has 0 bridgehead atoms. The predicted octanol–water partition coefficient (Wildman–Crippen LogP) is 5.87. The van der Waals surface area contributed by atoms with Crippen LogP contribution in [0.25, 0.3) is 21.7 Å². The fourth-order valence-electron chi connectivity index (χ4n) is 4.38. The number of fused-ring (bicyclic) bond motifs is 3. The van der Waals surface area contributed by atoms with Crippen LogP contribution in [0.2, 0.25) is 5.02 Å². The minimum atomic E-state index is -0.553. The third-order valence-corrected chi connectivity index (χ3v) is 6.38. The van der Waals surface area contributed by atoms with Crippen LogP contribution < -0.4 is 5.32 Å². The fourth-order valence-corrected chi connectivity index (χ4v) is 4.57. The number of carbonyl (C=O) groups excluding carboxylic acids is 2. The molecule has 3 heterocycles. The van der Waals surface area contributed by atoms with Crippen molar-refractivity contribution in [3.63, 3.8) is 0 Å². The van der Waals surface area contributed by atoms with Gasteiger partial charge in [0.2, 0.25) is 0 Å². The number of aromatic nitrogens is 2. The summed E-state index contributed by atoms with van der Waals surface area (Å²) in [5.41, 5.74) is 1.49. The molecule has 2 aromatic heterocycles. The van der Waals surface area contributed by atoms with Crippen LogP contribution in [0.3, 0.4) is 0 Å². The minimum absolute atomic E-state index is 0.0943. The highest BCUT2D eigenvalue weighted by molar-refractivity contribution is 6.30. The molecule has 1 saturated heterocycles. The van der Waals surface area contributed by atoms with E-state index in [0.29, 0.717) is 48.1 Å². The lowest BCUT2D eigenvalue weighted by molar-refractivity contribution is 0.0141. The Hall–Kier alpha value is -3.91. The highest BCUT2D eigenvalue weighted by atomic mass is 35.5. The lowest BCUT2D eigenvalue weighted by Crippen LogP contribution is -2.51. The van der Waals surface area contributed by atoms with Gasteiger partial charge >= 0.3 is 6.09 Å². The monoisotopic (exact) mass is 517 g/mol. The van der Waals surface area contributed by atoms with Crippen molar-refractivity contribution >= 4 is 56.8 Å². The van der Waals surface area contributed by atoms with E-state index in [1.807, 2.05) is 69.3 Å². The number of piperazine rings is 1. The van der Waals surface area contributed by atoms with Crippen molar-refractivity contribution in [3.05, 3.63) is 71.5 Å². The van der Waals surface area contributed by atoms with Gasteiger partial charge in [0.25, 0.3) is 5.91 Å². The zero-order valence-corrected chi connectivity index (χ0v) is 21.7. The third-order valence-electron chi connectivity index (χ3n) is 6.15. The van der Waals surface area contributed by atoms with Gasteiger partial charge in [0.1, 0.15) is 11.4 Å². The Bertz CT molecular complexity index is 1490. The Morgan fingerprint density at radius 3 is 2.43 bits per heavy atom. The highest BCUT2D eigenvalue weighted by Crippen LogP contribution is 2.31. The fraction of sp³-hybridized carbons (Fsp3) is 0.286. The summed E-state index contributed by atoms with van der Waals surface area (Å²) >= 11 is 6.17. The van der Waals surface area contributed by atoms with Crippen molar-refractivity contribution in [1.29, 1.82) is 0 Å². The maximum atomic E-state index is 13.3. The Balaban J connectivity index is 1.40. The van der Waals surface area contributed by atoms with Gasteiger partial charge in [-0.05, 0) is 57.2 Å².